The van der Waals surface area contributed by atoms with Crippen molar-refractivity contribution in [3.8, 4) is 16.9 Å². The van der Waals surface area contributed by atoms with Gasteiger partial charge in [-0.1, -0.05) is 66.2 Å². The van der Waals surface area contributed by atoms with E-state index in [1.807, 2.05) is 53.4 Å². The van der Waals surface area contributed by atoms with Crippen molar-refractivity contribution in [2.75, 3.05) is 30.3 Å². The monoisotopic (exact) mass is 560 g/mol. The van der Waals surface area contributed by atoms with Gasteiger partial charge in [0.25, 0.3) is 0 Å². The van der Waals surface area contributed by atoms with Crippen LogP contribution in [0.2, 0.25) is 5.02 Å². The van der Waals surface area contributed by atoms with E-state index in [0.717, 1.165) is 29.5 Å². The van der Waals surface area contributed by atoms with Gasteiger partial charge in [-0.05, 0) is 42.7 Å². The van der Waals surface area contributed by atoms with E-state index in [-0.39, 0.29) is 35.2 Å². The zero-order valence-electron chi connectivity index (χ0n) is 21.1. The zero-order chi connectivity index (χ0) is 26.9. The fraction of sp³-hybridized carbons (Fsp3) is 0.233. The summed E-state index contributed by atoms with van der Waals surface area (Å²) in [6, 6.07) is 23.4. The molecule has 3 aromatic carbocycles. The number of likely N-dealkylation sites (tertiary alicyclic amines) is 1. The second kappa shape index (κ2) is 10.9. The summed E-state index contributed by atoms with van der Waals surface area (Å²) in [5.74, 6) is 0.0533. The number of anilines is 1. The Balaban J connectivity index is 1.61. The molecule has 1 saturated heterocycles. The van der Waals surface area contributed by atoms with E-state index in [4.69, 9.17) is 16.7 Å². The van der Waals surface area contributed by atoms with Gasteiger partial charge in [-0.15, -0.1) is 11.8 Å². The molecule has 0 radical (unpaired) electrons. The Morgan fingerprint density at radius 2 is 1.67 bits per heavy atom. The van der Waals surface area contributed by atoms with Gasteiger partial charge >= 0.3 is 0 Å². The van der Waals surface area contributed by atoms with Crippen LogP contribution in [0, 0.1) is 5.82 Å². The van der Waals surface area contributed by atoms with E-state index in [1.54, 1.807) is 27.8 Å². The number of carbonyl (C=O) groups excluding carboxylic acids is 2. The Morgan fingerprint density at radius 1 is 0.974 bits per heavy atom. The maximum Gasteiger partial charge on any atom is 0.242 e. The summed E-state index contributed by atoms with van der Waals surface area (Å²) in [5, 5.41) is 5.18. The topological polar surface area (TPSA) is 58.4 Å². The zero-order valence-corrected chi connectivity index (χ0v) is 22.7. The van der Waals surface area contributed by atoms with Gasteiger partial charge in [0.15, 0.2) is 0 Å². The molecule has 2 aliphatic heterocycles. The molecule has 3 heterocycles. The van der Waals surface area contributed by atoms with Gasteiger partial charge in [0.2, 0.25) is 11.8 Å². The molecule has 4 aromatic rings. The lowest BCUT2D eigenvalue weighted by atomic mass is 9.99. The highest BCUT2D eigenvalue weighted by Crippen LogP contribution is 2.49. The average Bonchev–Trinajstić information content (AvgIpc) is 3.60. The van der Waals surface area contributed by atoms with Crippen molar-refractivity contribution in [2.24, 2.45) is 0 Å². The van der Waals surface area contributed by atoms with Gasteiger partial charge in [-0.3, -0.25) is 14.5 Å². The highest BCUT2D eigenvalue weighted by Gasteiger charge is 2.38. The first-order chi connectivity index (χ1) is 19.0. The number of halogens is 2. The van der Waals surface area contributed by atoms with E-state index >= 15 is 0 Å². The Bertz CT molecular complexity index is 1520. The summed E-state index contributed by atoms with van der Waals surface area (Å²) in [7, 11) is 0. The van der Waals surface area contributed by atoms with Crippen LogP contribution in [-0.2, 0) is 9.59 Å². The normalized spacial score (nSPS) is 17.3. The largest absolute Gasteiger partial charge is 0.341 e. The molecule has 9 heteroatoms. The van der Waals surface area contributed by atoms with Crippen LogP contribution in [0.1, 0.15) is 29.2 Å². The van der Waals surface area contributed by atoms with Crippen molar-refractivity contribution in [3.05, 3.63) is 101 Å². The van der Waals surface area contributed by atoms with Crippen molar-refractivity contribution in [1.82, 2.24) is 14.7 Å². The summed E-state index contributed by atoms with van der Waals surface area (Å²) in [4.78, 5) is 30.5. The van der Waals surface area contributed by atoms with Crippen LogP contribution >= 0.6 is 23.4 Å². The summed E-state index contributed by atoms with van der Waals surface area (Å²) in [6.45, 7) is 1.30. The van der Waals surface area contributed by atoms with E-state index in [9.17, 15) is 14.0 Å². The minimum Gasteiger partial charge on any atom is -0.341 e. The third-order valence-electron chi connectivity index (χ3n) is 7.14. The highest BCUT2D eigenvalue weighted by molar-refractivity contribution is 8.00. The molecule has 0 N–H and O–H groups in total. The molecule has 6 nitrogen and oxygen atoms in total. The average molecular weight is 561 g/mol. The van der Waals surface area contributed by atoms with Crippen LogP contribution in [0.25, 0.3) is 16.9 Å². The number of thioether (sulfide) groups is 1. The molecule has 2 amide bonds. The molecule has 198 valence electrons. The smallest absolute Gasteiger partial charge is 0.242 e. The molecule has 0 saturated carbocycles. The van der Waals surface area contributed by atoms with Crippen molar-refractivity contribution >= 4 is 41.0 Å². The van der Waals surface area contributed by atoms with Gasteiger partial charge in [-0.2, -0.15) is 5.10 Å². The number of benzene rings is 3. The van der Waals surface area contributed by atoms with Crippen LogP contribution in [0.4, 0.5) is 10.2 Å². The maximum atomic E-state index is 13.9. The molecule has 0 spiro atoms. The van der Waals surface area contributed by atoms with Gasteiger partial charge in [-0.25, -0.2) is 9.07 Å². The van der Waals surface area contributed by atoms with Crippen LogP contribution in [0.5, 0.6) is 0 Å². The fourth-order valence-electron chi connectivity index (χ4n) is 5.22. The molecule has 6 rings (SSSR count). The number of hydrogen-bond donors (Lipinski definition) is 0. The number of nitrogens with zero attached hydrogens (tertiary/aromatic N) is 4. The number of amides is 2. The molecule has 2 aliphatic rings. The maximum absolute atomic E-state index is 13.9. The fourth-order valence-corrected chi connectivity index (χ4v) is 6.64. The summed E-state index contributed by atoms with van der Waals surface area (Å²) in [5.41, 5.74) is 3.79. The van der Waals surface area contributed by atoms with Crippen molar-refractivity contribution in [3.63, 3.8) is 0 Å². The standard InChI is InChI=1S/C30H26ClFN4O2S/c31-23-10-4-5-11-24(23)36-30-27(28(33-36)20-8-2-1-3-9-20)29(21-12-14-22(32)15-13-21)39-19-26(38)35(30)18-25(37)34-16-6-7-17-34/h1-5,8-15,29H,6-7,16-19H2/t29-/m1/s1. The second-order valence-corrected chi connectivity index (χ2v) is 11.1. The van der Waals surface area contributed by atoms with Crippen molar-refractivity contribution in [1.29, 1.82) is 0 Å². The number of rotatable bonds is 5. The van der Waals surface area contributed by atoms with E-state index in [1.165, 1.54) is 23.9 Å². The molecule has 0 bridgehead atoms. The first-order valence-corrected chi connectivity index (χ1v) is 14.3. The molecule has 1 aromatic heterocycles. The van der Waals surface area contributed by atoms with Crippen LogP contribution in [0.3, 0.4) is 0 Å². The van der Waals surface area contributed by atoms with Gasteiger partial charge in [0, 0.05) is 24.2 Å². The SMILES string of the molecule is O=C(CN1C(=O)CS[C@H](c2ccc(F)cc2)c2c(-c3ccccc3)nn(-c3ccccc3Cl)c21)N1CCCC1. The highest BCUT2D eigenvalue weighted by atomic mass is 35.5. The second-order valence-electron chi connectivity index (χ2n) is 9.63. The van der Waals surface area contributed by atoms with Crippen LogP contribution in [-0.4, -0.2) is 51.9 Å². The van der Waals surface area contributed by atoms with Crippen molar-refractivity contribution < 1.29 is 14.0 Å². The van der Waals surface area contributed by atoms with E-state index in [0.29, 0.717) is 35.3 Å². The number of hydrogen-bond acceptors (Lipinski definition) is 4. The third kappa shape index (κ3) is 4.94. The summed E-state index contributed by atoms with van der Waals surface area (Å²) < 4.78 is 15.6. The molecule has 39 heavy (non-hydrogen) atoms. The predicted molar refractivity (Wildman–Crippen MR) is 153 cm³/mol. The minimum atomic E-state index is -0.332. The van der Waals surface area contributed by atoms with Crippen LogP contribution < -0.4 is 4.90 Å². The lowest BCUT2D eigenvalue weighted by Crippen LogP contribution is -2.43. The van der Waals surface area contributed by atoms with Gasteiger partial charge < -0.3 is 4.90 Å². The van der Waals surface area contributed by atoms with Crippen molar-refractivity contribution in [2.45, 2.75) is 18.1 Å². The first-order valence-electron chi connectivity index (χ1n) is 12.9. The lowest BCUT2D eigenvalue weighted by molar-refractivity contribution is -0.130. The van der Waals surface area contributed by atoms with E-state index < -0.39 is 0 Å². The van der Waals surface area contributed by atoms with E-state index in [2.05, 4.69) is 0 Å². The molecule has 1 atom stereocenters. The predicted octanol–water partition coefficient (Wildman–Crippen LogP) is 6.12. The number of fused-ring (bicyclic) bond motifs is 1. The molecule has 1 fully saturated rings. The minimum absolute atomic E-state index is 0.0904. The number of aromatic nitrogens is 2. The Labute approximate surface area is 235 Å². The lowest BCUT2D eigenvalue weighted by Gasteiger charge is -2.25. The van der Waals surface area contributed by atoms with Crippen LogP contribution in [0.15, 0.2) is 78.9 Å². The third-order valence-corrected chi connectivity index (χ3v) is 8.72. The summed E-state index contributed by atoms with van der Waals surface area (Å²) >= 11 is 8.13. The quantitative estimate of drug-likeness (QED) is 0.295. The molecule has 0 aliphatic carbocycles. The Morgan fingerprint density at radius 3 is 2.38 bits per heavy atom. The molecule has 0 unspecified atom stereocenters. The Kier molecular flexibility index (Phi) is 7.14. The summed E-state index contributed by atoms with van der Waals surface area (Å²) in [6.07, 6.45) is 1.92. The molecular weight excluding hydrogens is 535 g/mol. The first kappa shape index (κ1) is 25.6. The van der Waals surface area contributed by atoms with Gasteiger partial charge in [0.1, 0.15) is 18.2 Å². The number of para-hydroxylation sites is 1. The van der Waals surface area contributed by atoms with Gasteiger partial charge in [0.05, 0.1) is 27.4 Å². The Hall–Kier alpha value is -3.62. The number of carbonyl (C=O) groups is 2. The molecular formula is C30H26ClFN4O2S.